The lowest BCUT2D eigenvalue weighted by Crippen LogP contribution is -2.37. The molecule has 3 unspecified atom stereocenters. The Balaban J connectivity index is 1.79. The second-order valence-electron chi connectivity index (χ2n) is 4.68. The van der Waals surface area contributed by atoms with Crippen LogP contribution in [0.15, 0.2) is 30.3 Å². The van der Waals surface area contributed by atoms with Gasteiger partial charge in [-0.15, -0.1) is 0 Å². The third-order valence-electron chi connectivity index (χ3n) is 3.18. The quantitative estimate of drug-likeness (QED) is 0.848. The van der Waals surface area contributed by atoms with Crippen LogP contribution in [0, 0.1) is 0 Å². The Morgan fingerprint density at radius 2 is 2.17 bits per heavy atom. The zero-order valence-electron chi connectivity index (χ0n) is 10.5. The Kier molecular flexibility index (Phi) is 4.33. The summed E-state index contributed by atoms with van der Waals surface area (Å²) in [6.07, 6.45) is 0.796. The molecule has 1 saturated heterocycles. The molecule has 18 heavy (non-hydrogen) atoms. The minimum absolute atomic E-state index is 0.130. The predicted octanol–water partition coefficient (Wildman–Crippen LogP) is 1.40. The number of aliphatic hydroxyl groups is 1. The van der Waals surface area contributed by atoms with Crippen molar-refractivity contribution in [1.82, 2.24) is 5.32 Å². The predicted molar refractivity (Wildman–Crippen MR) is 68.0 cm³/mol. The Morgan fingerprint density at radius 3 is 2.78 bits per heavy atom. The summed E-state index contributed by atoms with van der Waals surface area (Å²) in [6, 6.07) is 9.29. The Bertz CT molecular complexity index is 393. The van der Waals surface area contributed by atoms with Gasteiger partial charge >= 0.3 is 0 Å². The summed E-state index contributed by atoms with van der Waals surface area (Å²) < 4.78 is 5.47. The van der Waals surface area contributed by atoms with Crippen LogP contribution < -0.4 is 5.32 Å². The molecule has 0 aliphatic carbocycles. The summed E-state index contributed by atoms with van der Waals surface area (Å²) in [5.74, 6) is -0.130. The summed E-state index contributed by atoms with van der Waals surface area (Å²) in [5, 5.41) is 12.6. The minimum atomic E-state index is -0.672. The van der Waals surface area contributed by atoms with Crippen LogP contribution in [-0.4, -0.2) is 29.8 Å². The summed E-state index contributed by atoms with van der Waals surface area (Å²) >= 11 is 0. The number of carbonyl (C=O) groups is 1. The second kappa shape index (κ2) is 5.98. The topological polar surface area (TPSA) is 58.6 Å². The number of aliphatic hydroxyl groups excluding tert-OH is 1. The Labute approximate surface area is 107 Å². The largest absolute Gasteiger partial charge is 0.387 e. The maximum atomic E-state index is 11.8. The number of rotatable bonds is 4. The van der Waals surface area contributed by atoms with Gasteiger partial charge in [-0.25, -0.2) is 0 Å². The molecule has 3 atom stereocenters. The first-order valence-electron chi connectivity index (χ1n) is 6.33. The van der Waals surface area contributed by atoms with Gasteiger partial charge in [0, 0.05) is 6.54 Å². The van der Waals surface area contributed by atoms with Crippen LogP contribution in [0.4, 0.5) is 0 Å². The van der Waals surface area contributed by atoms with E-state index >= 15 is 0 Å². The Hall–Kier alpha value is -1.39. The van der Waals surface area contributed by atoms with E-state index in [0.29, 0.717) is 0 Å². The molecule has 1 amide bonds. The summed E-state index contributed by atoms with van der Waals surface area (Å²) in [6.45, 7) is 2.18. The molecule has 1 aliphatic rings. The maximum absolute atomic E-state index is 11.8. The molecule has 0 bridgehead atoms. The Morgan fingerprint density at radius 1 is 1.44 bits per heavy atom. The monoisotopic (exact) mass is 249 g/mol. The van der Waals surface area contributed by atoms with Gasteiger partial charge in [-0.05, 0) is 25.3 Å². The number of amides is 1. The van der Waals surface area contributed by atoms with Crippen molar-refractivity contribution in [3.05, 3.63) is 35.9 Å². The van der Waals surface area contributed by atoms with Gasteiger partial charge in [-0.2, -0.15) is 0 Å². The molecule has 0 spiro atoms. The number of hydrogen-bond donors (Lipinski definition) is 2. The van der Waals surface area contributed by atoms with E-state index in [-0.39, 0.29) is 24.7 Å². The van der Waals surface area contributed by atoms with Gasteiger partial charge in [0.1, 0.15) is 6.10 Å². The molecule has 0 saturated carbocycles. The average molecular weight is 249 g/mol. The van der Waals surface area contributed by atoms with E-state index in [2.05, 4.69) is 5.32 Å². The summed E-state index contributed by atoms with van der Waals surface area (Å²) in [5.41, 5.74) is 0.804. The molecule has 1 fully saturated rings. The van der Waals surface area contributed by atoms with Crippen LogP contribution in [0.3, 0.4) is 0 Å². The van der Waals surface area contributed by atoms with Crippen molar-refractivity contribution in [3.8, 4) is 0 Å². The van der Waals surface area contributed by atoms with E-state index < -0.39 is 6.10 Å². The van der Waals surface area contributed by atoms with Crippen molar-refractivity contribution in [3.63, 3.8) is 0 Å². The van der Waals surface area contributed by atoms with Gasteiger partial charge in [0.05, 0.1) is 12.2 Å². The van der Waals surface area contributed by atoms with Crippen molar-refractivity contribution in [1.29, 1.82) is 0 Å². The van der Waals surface area contributed by atoms with Crippen molar-refractivity contribution >= 4 is 5.91 Å². The molecular formula is C14H19NO3. The van der Waals surface area contributed by atoms with Crippen LogP contribution in [0.5, 0.6) is 0 Å². The highest BCUT2D eigenvalue weighted by Crippen LogP contribution is 2.19. The second-order valence-corrected chi connectivity index (χ2v) is 4.68. The molecule has 1 aliphatic heterocycles. The zero-order valence-corrected chi connectivity index (χ0v) is 10.5. The normalized spacial score (nSPS) is 24.8. The molecule has 4 heteroatoms. The fourth-order valence-electron chi connectivity index (χ4n) is 2.10. The van der Waals surface area contributed by atoms with Gasteiger partial charge in [0.2, 0.25) is 5.91 Å². The number of benzene rings is 1. The lowest BCUT2D eigenvalue weighted by molar-refractivity contribution is -0.132. The van der Waals surface area contributed by atoms with E-state index in [9.17, 15) is 9.90 Å². The minimum Gasteiger partial charge on any atom is -0.387 e. The molecule has 4 nitrogen and oxygen atoms in total. The number of ether oxygens (including phenoxy) is 1. The third kappa shape index (κ3) is 3.31. The first-order valence-corrected chi connectivity index (χ1v) is 6.33. The van der Waals surface area contributed by atoms with E-state index in [1.807, 2.05) is 37.3 Å². The molecule has 1 aromatic rings. The highest BCUT2D eigenvalue weighted by atomic mass is 16.5. The highest BCUT2D eigenvalue weighted by Gasteiger charge is 2.28. The lowest BCUT2D eigenvalue weighted by atomic mass is 10.1. The van der Waals surface area contributed by atoms with Crippen LogP contribution in [-0.2, 0) is 9.53 Å². The molecule has 98 valence electrons. The fourth-order valence-corrected chi connectivity index (χ4v) is 2.10. The first-order chi connectivity index (χ1) is 8.66. The summed E-state index contributed by atoms with van der Waals surface area (Å²) in [4.78, 5) is 11.8. The van der Waals surface area contributed by atoms with E-state index in [1.165, 1.54) is 0 Å². The van der Waals surface area contributed by atoms with Gasteiger partial charge in [0.25, 0.3) is 0 Å². The summed E-state index contributed by atoms with van der Waals surface area (Å²) in [7, 11) is 0. The molecular weight excluding hydrogens is 230 g/mol. The van der Waals surface area contributed by atoms with Crippen LogP contribution in [0.25, 0.3) is 0 Å². The third-order valence-corrected chi connectivity index (χ3v) is 3.18. The number of carbonyl (C=O) groups excluding carboxylic acids is 1. The molecule has 0 aromatic heterocycles. The van der Waals surface area contributed by atoms with E-state index in [1.54, 1.807) is 0 Å². The van der Waals surface area contributed by atoms with Crippen molar-refractivity contribution in [2.24, 2.45) is 0 Å². The standard InChI is InChI=1S/C14H19NO3/c1-10-7-8-13(18-10)14(17)15-9-12(16)11-5-3-2-4-6-11/h2-6,10,12-13,16H,7-9H2,1H3,(H,15,17). The molecule has 1 aromatic carbocycles. The van der Waals surface area contributed by atoms with E-state index in [4.69, 9.17) is 4.74 Å². The van der Waals surface area contributed by atoms with Crippen molar-refractivity contribution in [2.45, 2.75) is 38.1 Å². The van der Waals surface area contributed by atoms with Crippen LogP contribution >= 0.6 is 0 Å². The maximum Gasteiger partial charge on any atom is 0.249 e. The van der Waals surface area contributed by atoms with Crippen LogP contribution in [0.2, 0.25) is 0 Å². The van der Waals surface area contributed by atoms with Crippen molar-refractivity contribution in [2.75, 3.05) is 6.54 Å². The number of nitrogens with one attached hydrogen (secondary N) is 1. The van der Waals surface area contributed by atoms with Gasteiger partial charge in [0.15, 0.2) is 0 Å². The van der Waals surface area contributed by atoms with Gasteiger partial charge in [-0.3, -0.25) is 4.79 Å². The molecule has 2 rings (SSSR count). The average Bonchev–Trinajstić information content (AvgIpc) is 2.83. The number of hydrogen-bond acceptors (Lipinski definition) is 3. The van der Waals surface area contributed by atoms with Gasteiger partial charge < -0.3 is 15.2 Å². The highest BCUT2D eigenvalue weighted by molar-refractivity contribution is 5.81. The lowest BCUT2D eigenvalue weighted by Gasteiger charge is -2.15. The fraction of sp³-hybridized carbons (Fsp3) is 0.500. The molecule has 1 heterocycles. The van der Waals surface area contributed by atoms with E-state index in [0.717, 1.165) is 18.4 Å². The smallest absolute Gasteiger partial charge is 0.249 e. The van der Waals surface area contributed by atoms with Crippen LogP contribution in [0.1, 0.15) is 31.4 Å². The van der Waals surface area contributed by atoms with Crippen molar-refractivity contribution < 1.29 is 14.6 Å². The molecule has 2 N–H and O–H groups in total. The zero-order chi connectivity index (χ0) is 13.0. The SMILES string of the molecule is CC1CCC(C(=O)NCC(O)c2ccccc2)O1. The molecule has 0 radical (unpaired) electrons. The first kappa shape index (κ1) is 13.1. The van der Waals surface area contributed by atoms with Gasteiger partial charge in [-0.1, -0.05) is 30.3 Å².